The molecule has 0 spiro atoms. The Bertz CT molecular complexity index is 6430. The fourth-order valence-electron chi connectivity index (χ4n) is 14.3. The van der Waals surface area contributed by atoms with Crippen molar-refractivity contribution < 1.29 is 72.5 Å². The van der Waals surface area contributed by atoms with Gasteiger partial charge in [0.15, 0.2) is 0 Å². The number of aldehydes is 1. The fourth-order valence-corrected chi connectivity index (χ4v) is 15.4. The van der Waals surface area contributed by atoms with E-state index in [2.05, 4.69) is 68.6 Å². The number of carbonyl (C=O) groups excluding carboxylic acids is 1. The third kappa shape index (κ3) is 20.8. The molecule has 4 aromatic heterocycles. The minimum atomic E-state index is -4.56. The number of hydrogen-bond donors (Lipinski definition) is 2. The van der Waals surface area contributed by atoms with Crippen molar-refractivity contribution in [1.29, 1.82) is 0 Å². The monoisotopic (exact) mass is 1920 g/mol. The van der Waals surface area contributed by atoms with E-state index in [9.17, 15) is 72.5 Å². The molecule has 9 nitrogen and oxygen atoms in total. The van der Waals surface area contributed by atoms with Crippen LogP contribution in [0, 0.1) is 0 Å². The molecular formula is C98H69Br4F12N5O4. The minimum Gasteiger partial charge on any atom is -0.478 e. The highest BCUT2D eigenvalue weighted by Crippen LogP contribution is 2.46. The average molecular weight is 1930 g/mol. The lowest BCUT2D eigenvalue weighted by Crippen LogP contribution is -2.12. The predicted octanol–water partition coefficient (Wildman–Crippen LogP) is 29.4. The zero-order valence-electron chi connectivity index (χ0n) is 64.8. The maximum Gasteiger partial charge on any atom is 0.418 e. The van der Waals surface area contributed by atoms with E-state index in [0.29, 0.717) is 67.8 Å². The highest BCUT2D eigenvalue weighted by molar-refractivity contribution is 9.11. The first-order valence-corrected chi connectivity index (χ1v) is 40.8. The van der Waals surface area contributed by atoms with Crippen LogP contribution in [0.2, 0.25) is 0 Å². The van der Waals surface area contributed by atoms with Crippen molar-refractivity contribution in [3.05, 3.63) is 402 Å². The summed E-state index contributed by atoms with van der Waals surface area (Å²) in [6.07, 6.45) is -17.3. The highest BCUT2D eigenvalue weighted by Gasteiger charge is 2.39. The molecule has 16 rings (SSSR count). The highest BCUT2D eigenvalue weighted by atomic mass is 79.9. The SMILES string of the molecule is CN(C)Cc1cccc(-c2ccc(-c3ccc(Br)cc3)n2-c2ccccc2C(F)(F)F)c1.O=C(O)c1cccc(-c2ccc(-c3ccc(Br)cc3)n2-c2ccccc2C(F)(F)F)c1.O=Cc1cccc(-c2ccc(-c3ccc(Br)cc3)n2-c2ccccc2C(F)(F)F)c1.OCc1cccc(-c2ccc(-c3ccc(Br)cc3)n2-c2ccccc2C(F)(F)F)c1. The summed E-state index contributed by atoms with van der Waals surface area (Å²) in [5, 5.41) is 18.8. The van der Waals surface area contributed by atoms with Gasteiger partial charge in [0.2, 0.25) is 0 Å². The van der Waals surface area contributed by atoms with Gasteiger partial charge in [-0.25, -0.2) is 4.79 Å². The second kappa shape index (κ2) is 38.1. The van der Waals surface area contributed by atoms with Crippen LogP contribution in [0.4, 0.5) is 52.7 Å². The summed E-state index contributed by atoms with van der Waals surface area (Å²) in [4.78, 5) is 24.7. The fraction of sp³-hybridized carbons (Fsp3) is 0.0816. The largest absolute Gasteiger partial charge is 0.478 e. The number of aliphatic hydroxyl groups excluding tert-OH is 1. The molecule has 4 heterocycles. The predicted molar refractivity (Wildman–Crippen MR) is 473 cm³/mol. The summed E-state index contributed by atoms with van der Waals surface area (Å²) in [5.74, 6) is -1.11. The van der Waals surface area contributed by atoms with Gasteiger partial charge < -0.3 is 33.4 Å². The van der Waals surface area contributed by atoms with Gasteiger partial charge in [0.05, 0.1) is 103 Å². The van der Waals surface area contributed by atoms with E-state index in [1.165, 1.54) is 65.2 Å². The van der Waals surface area contributed by atoms with E-state index in [0.717, 1.165) is 93.9 Å². The number of alkyl halides is 12. The van der Waals surface area contributed by atoms with Crippen LogP contribution in [0.3, 0.4) is 0 Å². The number of rotatable bonds is 17. The Kier molecular flexibility index (Phi) is 27.5. The number of carbonyl (C=O) groups is 2. The van der Waals surface area contributed by atoms with Crippen LogP contribution < -0.4 is 0 Å². The number of aliphatic hydroxyl groups is 1. The molecule has 0 unspecified atom stereocenters. The first-order chi connectivity index (χ1) is 58.7. The molecular weight excluding hydrogens is 1860 g/mol. The van der Waals surface area contributed by atoms with Gasteiger partial charge in [-0.3, -0.25) is 4.79 Å². The van der Waals surface area contributed by atoms with Crippen LogP contribution in [0.1, 0.15) is 54.1 Å². The number of benzene rings is 12. The maximum absolute atomic E-state index is 13.9. The van der Waals surface area contributed by atoms with Crippen LogP contribution in [0.5, 0.6) is 0 Å². The lowest BCUT2D eigenvalue weighted by atomic mass is 10.1. The van der Waals surface area contributed by atoms with Crippen molar-refractivity contribution >= 4 is 76.0 Å². The number of hydrogen-bond acceptors (Lipinski definition) is 4. The van der Waals surface area contributed by atoms with Crippen molar-refractivity contribution in [2.75, 3.05) is 14.1 Å². The van der Waals surface area contributed by atoms with Gasteiger partial charge in [-0.15, -0.1) is 0 Å². The van der Waals surface area contributed by atoms with Crippen molar-refractivity contribution in [3.8, 4) is 113 Å². The van der Waals surface area contributed by atoms with Crippen LogP contribution in [0.25, 0.3) is 113 Å². The molecule has 622 valence electrons. The lowest BCUT2D eigenvalue weighted by Gasteiger charge is -2.20. The van der Waals surface area contributed by atoms with E-state index in [1.54, 1.807) is 123 Å². The van der Waals surface area contributed by atoms with E-state index < -0.39 is 52.9 Å². The number of halogens is 16. The third-order valence-corrected chi connectivity index (χ3v) is 21.9. The van der Waals surface area contributed by atoms with Crippen LogP contribution in [-0.2, 0) is 37.9 Å². The maximum atomic E-state index is 13.9. The Balaban J connectivity index is 0.000000141. The quantitative estimate of drug-likeness (QED) is 0.0699. The second-order valence-corrected chi connectivity index (χ2v) is 31.9. The number of aromatic carboxylic acids is 1. The molecule has 0 atom stereocenters. The van der Waals surface area contributed by atoms with Gasteiger partial charge >= 0.3 is 30.7 Å². The third-order valence-electron chi connectivity index (χ3n) is 19.7. The molecule has 0 radical (unpaired) electrons. The Labute approximate surface area is 733 Å². The van der Waals surface area contributed by atoms with Gasteiger partial charge in [0.1, 0.15) is 6.29 Å². The summed E-state index contributed by atoms with van der Waals surface area (Å²) in [6, 6.07) is 94.2. The zero-order valence-corrected chi connectivity index (χ0v) is 71.2. The van der Waals surface area contributed by atoms with Crippen molar-refractivity contribution in [2.24, 2.45) is 0 Å². The van der Waals surface area contributed by atoms with Crippen molar-refractivity contribution in [3.63, 3.8) is 0 Å². The molecule has 0 aliphatic carbocycles. The lowest BCUT2D eigenvalue weighted by molar-refractivity contribution is -0.138. The Morgan fingerprint density at radius 1 is 0.309 bits per heavy atom. The molecule has 12 aromatic carbocycles. The van der Waals surface area contributed by atoms with Gasteiger partial charge in [-0.05, 0) is 246 Å². The molecule has 2 N–H and O–H groups in total. The van der Waals surface area contributed by atoms with Crippen molar-refractivity contribution in [2.45, 2.75) is 37.9 Å². The zero-order chi connectivity index (χ0) is 87.7. The van der Waals surface area contributed by atoms with E-state index >= 15 is 0 Å². The summed E-state index contributed by atoms with van der Waals surface area (Å²) in [5.41, 5.74) is 10.3. The van der Waals surface area contributed by atoms with Gasteiger partial charge in [-0.2, -0.15) is 52.7 Å². The van der Waals surface area contributed by atoms with Crippen molar-refractivity contribution in [1.82, 2.24) is 23.2 Å². The minimum absolute atomic E-state index is 0.0272. The standard InChI is InChI=1S/C26H22BrF3N2.C24H15BrF3NO2.C24H17BrF3NO.C24H15BrF3NO/c1-31(2)17-18-6-5-7-20(16-18)24-15-14-23(19-10-12-21(27)13-11-19)32(24)25-9-4-3-8-22(25)26(28,29)30;25-18-10-8-15(9-11-18)20-12-13-21(16-4-3-5-17(14-16)23(30)31)29(20)22-7-2-1-6-19(22)24(26,27)28;2*25-19-10-8-17(9-11-19)21-12-13-22(18-5-3-4-16(14-18)15-30)29(21)23-7-2-1-6-20(23)24(26,27)28/h3-16H,17H2,1-2H3;1-14H,(H,30,31);1-14,30H,15H2;1-15H. The number of carboxylic acids is 1. The number of aromatic nitrogens is 4. The molecule has 0 amide bonds. The summed E-state index contributed by atoms with van der Waals surface area (Å²) in [6.45, 7) is 0.598. The molecule has 0 bridgehead atoms. The van der Waals surface area contributed by atoms with Crippen LogP contribution >= 0.6 is 63.7 Å². The summed E-state index contributed by atoms with van der Waals surface area (Å²) >= 11 is 13.6. The number of para-hydroxylation sites is 4. The van der Waals surface area contributed by atoms with Gasteiger partial charge in [0.25, 0.3) is 0 Å². The molecule has 0 saturated carbocycles. The second-order valence-electron chi connectivity index (χ2n) is 28.3. The first-order valence-electron chi connectivity index (χ1n) is 37.7. The Hall–Kier alpha value is -12.1. The summed E-state index contributed by atoms with van der Waals surface area (Å²) < 4.78 is 176. The normalized spacial score (nSPS) is 11.6. The summed E-state index contributed by atoms with van der Waals surface area (Å²) in [7, 11) is 3.97. The molecule has 0 fully saturated rings. The van der Waals surface area contributed by atoms with E-state index in [1.807, 2.05) is 160 Å². The average Bonchev–Trinajstić information content (AvgIpc) is 1.67. The van der Waals surface area contributed by atoms with E-state index in [4.69, 9.17) is 0 Å². The molecule has 25 heteroatoms. The topological polar surface area (TPSA) is 97.6 Å². The number of nitrogens with zero attached hydrogens (tertiary/aromatic N) is 5. The molecule has 123 heavy (non-hydrogen) atoms. The van der Waals surface area contributed by atoms with Crippen LogP contribution in [0.15, 0.2) is 358 Å². The van der Waals surface area contributed by atoms with E-state index in [-0.39, 0.29) is 34.9 Å². The van der Waals surface area contributed by atoms with Gasteiger partial charge in [0, 0.05) is 30.0 Å². The molecule has 16 aromatic rings. The Morgan fingerprint density at radius 3 is 0.837 bits per heavy atom. The molecule has 0 aliphatic rings. The number of carboxylic acid groups (broad SMARTS) is 1. The Morgan fingerprint density at radius 2 is 0.561 bits per heavy atom. The molecule has 0 aliphatic heterocycles. The van der Waals surface area contributed by atoms with Gasteiger partial charge in [-0.1, -0.05) is 228 Å². The van der Waals surface area contributed by atoms with Crippen LogP contribution in [-0.4, -0.2) is 59.7 Å². The first kappa shape index (κ1) is 88.7. The molecule has 0 saturated heterocycles. The smallest absolute Gasteiger partial charge is 0.418 e.